The first-order valence-corrected chi connectivity index (χ1v) is 10.8. The molecule has 0 radical (unpaired) electrons. The predicted molar refractivity (Wildman–Crippen MR) is 115 cm³/mol. The summed E-state index contributed by atoms with van der Waals surface area (Å²) in [6.45, 7) is 5.38. The number of piperidine rings is 2. The summed E-state index contributed by atoms with van der Waals surface area (Å²) < 4.78 is 0. The Morgan fingerprint density at radius 3 is 2.66 bits per heavy atom. The normalized spacial score (nSPS) is 20.7. The van der Waals surface area contributed by atoms with E-state index in [-0.39, 0.29) is 11.8 Å². The lowest BCUT2D eigenvalue weighted by molar-refractivity contribution is -0.138. The number of amides is 2. The molecule has 1 aromatic heterocycles. The number of hydrogen-bond donors (Lipinski definition) is 2. The highest BCUT2D eigenvalue weighted by atomic mass is 16.2. The van der Waals surface area contributed by atoms with Crippen LogP contribution < -0.4 is 5.32 Å². The van der Waals surface area contributed by atoms with Gasteiger partial charge in [0.05, 0.1) is 0 Å². The number of nitrogens with one attached hydrogen (secondary N) is 2. The third-order valence-corrected chi connectivity index (χ3v) is 6.76. The van der Waals surface area contributed by atoms with E-state index in [0.29, 0.717) is 11.8 Å². The molecule has 1 atom stereocenters. The first-order chi connectivity index (χ1) is 14.0. The quantitative estimate of drug-likeness (QED) is 0.835. The first-order valence-electron chi connectivity index (χ1n) is 10.8. The van der Waals surface area contributed by atoms with Gasteiger partial charge in [-0.15, -0.1) is 0 Å². The van der Waals surface area contributed by atoms with Gasteiger partial charge in [0.25, 0.3) is 0 Å². The van der Waals surface area contributed by atoms with Crippen molar-refractivity contribution in [2.75, 3.05) is 33.2 Å². The Hall–Kier alpha value is -2.34. The number of hydrogen-bond acceptors (Lipinski definition) is 3. The number of para-hydroxylation sites is 1. The largest absolute Gasteiger partial charge is 0.361 e. The van der Waals surface area contributed by atoms with Crippen LogP contribution in [-0.4, -0.2) is 65.9 Å². The second kappa shape index (κ2) is 8.19. The molecule has 2 aliphatic rings. The number of H-pyrrole nitrogens is 1. The second-order valence-corrected chi connectivity index (χ2v) is 8.98. The van der Waals surface area contributed by atoms with Gasteiger partial charge in [-0.2, -0.15) is 0 Å². The minimum Gasteiger partial charge on any atom is -0.361 e. The zero-order valence-electron chi connectivity index (χ0n) is 17.5. The molecule has 2 saturated heterocycles. The molecule has 156 valence electrons. The van der Waals surface area contributed by atoms with E-state index >= 15 is 0 Å². The van der Waals surface area contributed by atoms with Gasteiger partial charge in [-0.25, -0.2) is 0 Å². The van der Waals surface area contributed by atoms with E-state index < -0.39 is 6.04 Å². The second-order valence-electron chi connectivity index (χ2n) is 8.98. The van der Waals surface area contributed by atoms with E-state index in [1.54, 1.807) is 0 Å². The number of nitrogens with zero attached hydrogens (tertiary/aromatic N) is 2. The van der Waals surface area contributed by atoms with Crippen LogP contribution in [0, 0.1) is 5.41 Å². The molecule has 1 unspecified atom stereocenters. The molecule has 29 heavy (non-hydrogen) atoms. The van der Waals surface area contributed by atoms with Crippen molar-refractivity contribution in [2.45, 2.75) is 45.1 Å². The average Bonchev–Trinajstić information content (AvgIpc) is 3.10. The fourth-order valence-corrected chi connectivity index (χ4v) is 5.25. The molecule has 0 bridgehead atoms. The third-order valence-electron chi connectivity index (χ3n) is 6.76. The molecule has 2 N–H and O–H groups in total. The highest BCUT2D eigenvalue weighted by molar-refractivity contribution is 5.89. The fraction of sp³-hybridized carbons (Fsp3) is 0.565. The summed E-state index contributed by atoms with van der Waals surface area (Å²) in [5.41, 5.74) is 2.48. The molecule has 6 nitrogen and oxygen atoms in total. The average molecular weight is 397 g/mol. The molecule has 2 aromatic rings. The molecule has 1 spiro atoms. The number of aromatic amines is 1. The Kier molecular flexibility index (Phi) is 5.63. The van der Waals surface area contributed by atoms with E-state index in [0.717, 1.165) is 48.9 Å². The monoisotopic (exact) mass is 396 g/mol. The molecule has 2 amide bonds. The molecular weight excluding hydrogens is 364 g/mol. The molecule has 2 fully saturated rings. The maximum atomic E-state index is 13.3. The topological polar surface area (TPSA) is 68.4 Å². The molecule has 0 saturated carbocycles. The number of benzene rings is 1. The van der Waals surface area contributed by atoms with Gasteiger partial charge >= 0.3 is 0 Å². The number of fused-ring (bicyclic) bond motifs is 1. The van der Waals surface area contributed by atoms with Crippen molar-refractivity contribution in [1.29, 1.82) is 0 Å². The van der Waals surface area contributed by atoms with Crippen LogP contribution in [0.5, 0.6) is 0 Å². The van der Waals surface area contributed by atoms with Crippen LogP contribution in [0.2, 0.25) is 0 Å². The predicted octanol–water partition coefficient (Wildman–Crippen LogP) is 2.55. The molecule has 0 aliphatic carbocycles. The van der Waals surface area contributed by atoms with Gasteiger partial charge < -0.3 is 20.1 Å². The smallest absolute Gasteiger partial charge is 0.245 e. The third kappa shape index (κ3) is 4.32. The van der Waals surface area contributed by atoms with Crippen molar-refractivity contribution in [2.24, 2.45) is 5.41 Å². The summed E-state index contributed by atoms with van der Waals surface area (Å²) in [6, 6.07) is 7.56. The van der Waals surface area contributed by atoms with Crippen molar-refractivity contribution < 1.29 is 9.59 Å². The number of aromatic nitrogens is 1. The van der Waals surface area contributed by atoms with Crippen molar-refractivity contribution >= 4 is 22.7 Å². The lowest BCUT2D eigenvalue weighted by Crippen LogP contribution is -2.54. The van der Waals surface area contributed by atoms with Gasteiger partial charge in [0.1, 0.15) is 6.04 Å². The molecule has 4 rings (SSSR count). The first kappa shape index (κ1) is 20.0. The SMILES string of the molecule is CC(=O)NC(Cc1c[nH]c2ccccc12)C(=O)N1CCC2(CCCN(C)C2)CC1. The van der Waals surface area contributed by atoms with Crippen LogP contribution in [0.3, 0.4) is 0 Å². The van der Waals surface area contributed by atoms with E-state index in [2.05, 4.69) is 28.3 Å². The van der Waals surface area contributed by atoms with Gasteiger partial charge in [-0.05, 0) is 56.3 Å². The number of carbonyl (C=O) groups excluding carboxylic acids is 2. The Morgan fingerprint density at radius 2 is 1.93 bits per heavy atom. The van der Waals surface area contributed by atoms with E-state index in [4.69, 9.17) is 0 Å². The van der Waals surface area contributed by atoms with Crippen LogP contribution in [0.25, 0.3) is 10.9 Å². The molecule has 1 aromatic carbocycles. The van der Waals surface area contributed by atoms with Crippen LogP contribution in [-0.2, 0) is 16.0 Å². The lowest BCUT2D eigenvalue weighted by atomic mass is 9.72. The Labute approximate surface area is 172 Å². The number of rotatable bonds is 4. The lowest BCUT2D eigenvalue weighted by Gasteiger charge is -2.47. The van der Waals surface area contributed by atoms with Gasteiger partial charge in [0.15, 0.2) is 0 Å². The van der Waals surface area contributed by atoms with Gasteiger partial charge in [-0.3, -0.25) is 9.59 Å². The van der Waals surface area contributed by atoms with E-state index in [9.17, 15) is 9.59 Å². The van der Waals surface area contributed by atoms with E-state index in [1.807, 2.05) is 29.3 Å². The van der Waals surface area contributed by atoms with Crippen LogP contribution >= 0.6 is 0 Å². The highest BCUT2D eigenvalue weighted by Crippen LogP contribution is 2.39. The van der Waals surface area contributed by atoms with Gasteiger partial charge in [-0.1, -0.05) is 18.2 Å². The van der Waals surface area contributed by atoms with Crippen molar-refractivity contribution in [3.63, 3.8) is 0 Å². The van der Waals surface area contributed by atoms with Crippen LogP contribution in [0.15, 0.2) is 30.5 Å². The maximum Gasteiger partial charge on any atom is 0.245 e. The summed E-state index contributed by atoms with van der Waals surface area (Å²) >= 11 is 0. The minimum absolute atomic E-state index is 0.0458. The Balaban J connectivity index is 1.46. The van der Waals surface area contributed by atoms with Crippen LogP contribution in [0.1, 0.15) is 38.2 Å². The van der Waals surface area contributed by atoms with Crippen LogP contribution in [0.4, 0.5) is 0 Å². The number of carbonyl (C=O) groups is 2. The summed E-state index contributed by atoms with van der Waals surface area (Å²) in [4.78, 5) is 32.8. The Morgan fingerprint density at radius 1 is 1.17 bits per heavy atom. The van der Waals surface area contributed by atoms with Crippen molar-refractivity contribution in [1.82, 2.24) is 20.1 Å². The summed E-state index contributed by atoms with van der Waals surface area (Å²) in [5.74, 6) is -0.116. The molecule has 6 heteroatoms. The standard InChI is InChI=1S/C23H32N4O2/c1-17(28)25-21(14-18-15-24-20-7-4-3-6-19(18)20)22(29)27-12-9-23(10-13-27)8-5-11-26(2)16-23/h3-4,6-7,15,21,24H,5,8-14,16H2,1-2H3,(H,25,28). The molecular formula is C23H32N4O2. The van der Waals surface area contributed by atoms with Crippen molar-refractivity contribution in [3.8, 4) is 0 Å². The summed E-state index contributed by atoms with van der Waals surface area (Å²) in [5, 5.41) is 4.02. The Bertz CT molecular complexity index is 882. The number of likely N-dealkylation sites (tertiary alicyclic amines) is 2. The van der Waals surface area contributed by atoms with Gasteiger partial charge in [0, 0.05) is 50.1 Å². The summed E-state index contributed by atoms with van der Waals surface area (Å²) in [7, 11) is 2.20. The van der Waals surface area contributed by atoms with Gasteiger partial charge in [0.2, 0.25) is 11.8 Å². The fourth-order valence-electron chi connectivity index (χ4n) is 5.25. The van der Waals surface area contributed by atoms with E-state index in [1.165, 1.54) is 26.3 Å². The highest BCUT2D eigenvalue weighted by Gasteiger charge is 2.39. The van der Waals surface area contributed by atoms with Crippen molar-refractivity contribution in [3.05, 3.63) is 36.0 Å². The maximum absolute atomic E-state index is 13.3. The zero-order chi connectivity index (χ0) is 20.4. The zero-order valence-corrected chi connectivity index (χ0v) is 17.5. The molecule has 3 heterocycles. The molecule has 2 aliphatic heterocycles. The minimum atomic E-state index is -0.519. The summed E-state index contributed by atoms with van der Waals surface area (Å²) in [6.07, 6.45) is 7.10.